The third kappa shape index (κ3) is 4.20. The summed E-state index contributed by atoms with van der Waals surface area (Å²) in [6.45, 7) is 4.93. The van der Waals surface area contributed by atoms with Gasteiger partial charge in [-0.1, -0.05) is 0 Å². The summed E-state index contributed by atoms with van der Waals surface area (Å²) < 4.78 is 18.7. The lowest BCUT2D eigenvalue weighted by molar-refractivity contribution is -0.151. The number of halogens is 1. The zero-order valence-corrected chi connectivity index (χ0v) is 10.2. The summed E-state index contributed by atoms with van der Waals surface area (Å²) in [5.41, 5.74) is -2.24. The molecule has 0 heterocycles. The van der Waals surface area contributed by atoms with Crippen molar-refractivity contribution in [2.24, 2.45) is 5.92 Å². The van der Waals surface area contributed by atoms with Gasteiger partial charge < -0.3 is 15.2 Å². The van der Waals surface area contributed by atoms with Gasteiger partial charge in [0, 0.05) is 0 Å². The minimum atomic E-state index is -1.61. The monoisotopic (exact) mass is 247 g/mol. The summed E-state index contributed by atoms with van der Waals surface area (Å²) in [5, 5.41) is 10.9. The van der Waals surface area contributed by atoms with E-state index in [-0.39, 0.29) is 19.4 Å². The van der Waals surface area contributed by atoms with E-state index >= 15 is 0 Å². The largest absolute Gasteiger partial charge is 0.481 e. The number of alkyl carbamates (subject to hydrolysis) is 1. The summed E-state index contributed by atoms with van der Waals surface area (Å²) in [4.78, 5) is 21.8. The van der Waals surface area contributed by atoms with Crippen LogP contribution in [0.5, 0.6) is 0 Å². The van der Waals surface area contributed by atoms with E-state index in [1.165, 1.54) is 0 Å². The van der Waals surface area contributed by atoms with E-state index in [1.54, 1.807) is 20.8 Å². The molecular weight excluding hydrogens is 229 g/mol. The van der Waals surface area contributed by atoms with Crippen LogP contribution in [0.2, 0.25) is 0 Å². The molecule has 0 spiro atoms. The molecule has 1 saturated carbocycles. The second kappa shape index (κ2) is 4.50. The van der Waals surface area contributed by atoms with E-state index in [9.17, 15) is 14.0 Å². The van der Waals surface area contributed by atoms with Crippen molar-refractivity contribution >= 4 is 12.1 Å². The van der Waals surface area contributed by atoms with Gasteiger partial charge in [-0.2, -0.15) is 0 Å². The van der Waals surface area contributed by atoms with Gasteiger partial charge >= 0.3 is 12.1 Å². The number of alkyl halides is 1. The molecule has 1 fully saturated rings. The van der Waals surface area contributed by atoms with Crippen LogP contribution in [0.15, 0.2) is 0 Å². The Balaban J connectivity index is 2.28. The summed E-state index contributed by atoms with van der Waals surface area (Å²) in [5.74, 6) is -1.63. The van der Waals surface area contributed by atoms with Crippen molar-refractivity contribution in [2.75, 3.05) is 6.54 Å². The van der Waals surface area contributed by atoms with Gasteiger partial charge in [0.25, 0.3) is 0 Å². The van der Waals surface area contributed by atoms with Gasteiger partial charge in [0.1, 0.15) is 11.3 Å². The van der Waals surface area contributed by atoms with Gasteiger partial charge in [-0.3, -0.25) is 4.79 Å². The molecule has 0 aromatic heterocycles. The van der Waals surface area contributed by atoms with Crippen LogP contribution in [0.1, 0.15) is 33.6 Å². The number of ether oxygens (including phenoxy) is 1. The average Bonchev–Trinajstić information content (AvgIpc) is 2.07. The minimum absolute atomic E-state index is 0.0574. The number of carbonyl (C=O) groups is 2. The lowest BCUT2D eigenvalue weighted by Crippen LogP contribution is -2.51. The molecule has 6 heteroatoms. The molecule has 0 bridgehead atoms. The molecule has 1 amide bonds. The van der Waals surface area contributed by atoms with Crippen molar-refractivity contribution in [3.63, 3.8) is 0 Å². The number of nitrogens with one attached hydrogen (secondary N) is 1. The van der Waals surface area contributed by atoms with Crippen LogP contribution in [0.3, 0.4) is 0 Å². The number of amides is 1. The lowest BCUT2D eigenvalue weighted by atomic mass is 9.72. The molecule has 0 saturated heterocycles. The van der Waals surface area contributed by atoms with Gasteiger partial charge in [-0.25, -0.2) is 9.18 Å². The molecule has 1 rings (SSSR count). The van der Waals surface area contributed by atoms with Crippen LogP contribution in [-0.4, -0.2) is 35.0 Å². The Bertz CT molecular complexity index is 318. The lowest BCUT2D eigenvalue weighted by Gasteiger charge is -2.39. The first-order valence-electron chi connectivity index (χ1n) is 5.50. The highest BCUT2D eigenvalue weighted by molar-refractivity contribution is 5.72. The highest BCUT2D eigenvalue weighted by atomic mass is 19.1. The SMILES string of the molecule is CC(C)(C)OC(=O)NCC1(F)CC(C(=O)O)C1. The zero-order chi connectivity index (χ0) is 13.3. The molecule has 0 aromatic carbocycles. The van der Waals surface area contributed by atoms with Gasteiger partial charge in [-0.15, -0.1) is 0 Å². The van der Waals surface area contributed by atoms with Crippen molar-refractivity contribution in [1.29, 1.82) is 0 Å². The molecule has 2 N–H and O–H groups in total. The van der Waals surface area contributed by atoms with E-state index in [0.717, 1.165) is 0 Å². The topological polar surface area (TPSA) is 75.6 Å². The van der Waals surface area contributed by atoms with Gasteiger partial charge in [0.05, 0.1) is 12.5 Å². The number of carboxylic acids is 1. The highest BCUT2D eigenvalue weighted by Gasteiger charge is 2.48. The summed E-state index contributed by atoms with van der Waals surface area (Å²) >= 11 is 0. The number of carbonyl (C=O) groups excluding carboxylic acids is 1. The van der Waals surface area contributed by atoms with Crippen LogP contribution in [0.25, 0.3) is 0 Å². The number of hydrogen-bond donors (Lipinski definition) is 2. The number of rotatable bonds is 3. The molecular formula is C11H18FNO4. The van der Waals surface area contributed by atoms with Gasteiger partial charge in [-0.05, 0) is 33.6 Å². The predicted molar refractivity (Wildman–Crippen MR) is 58.4 cm³/mol. The quantitative estimate of drug-likeness (QED) is 0.796. The predicted octanol–water partition coefficient (Wildman–Crippen LogP) is 1.71. The maximum absolute atomic E-state index is 13.8. The fourth-order valence-electron chi connectivity index (χ4n) is 1.69. The van der Waals surface area contributed by atoms with E-state index in [0.29, 0.717) is 0 Å². The Morgan fingerprint density at radius 3 is 2.41 bits per heavy atom. The van der Waals surface area contributed by atoms with Crippen LogP contribution in [-0.2, 0) is 9.53 Å². The normalized spacial score (nSPS) is 28.1. The summed E-state index contributed by atoms with van der Waals surface area (Å²) in [7, 11) is 0. The van der Waals surface area contributed by atoms with Crippen LogP contribution in [0.4, 0.5) is 9.18 Å². The molecule has 0 radical (unpaired) electrons. The molecule has 1 aliphatic rings. The Labute approximate surface area is 99.3 Å². The molecule has 17 heavy (non-hydrogen) atoms. The van der Waals surface area contributed by atoms with Crippen LogP contribution >= 0.6 is 0 Å². The molecule has 1 aliphatic carbocycles. The second-order valence-corrected chi connectivity index (χ2v) is 5.45. The smallest absolute Gasteiger partial charge is 0.407 e. The maximum Gasteiger partial charge on any atom is 0.407 e. The summed E-state index contributed by atoms with van der Waals surface area (Å²) in [6, 6.07) is 0. The molecule has 0 unspecified atom stereocenters. The van der Waals surface area contributed by atoms with Crippen molar-refractivity contribution in [2.45, 2.75) is 44.9 Å². The molecule has 0 aromatic rings. The first-order valence-corrected chi connectivity index (χ1v) is 5.50. The van der Waals surface area contributed by atoms with E-state index in [4.69, 9.17) is 9.84 Å². The third-order valence-electron chi connectivity index (χ3n) is 2.52. The summed E-state index contributed by atoms with van der Waals surface area (Å²) in [6.07, 6.45) is -0.802. The molecule has 98 valence electrons. The van der Waals surface area contributed by atoms with E-state index in [1.807, 2.05) is 0 Å². The first kappa shape index (κ1) is 13.7. The molecule has 0 aliphatic heterocycles. The number of aliphatic carboxylic acids is 1. The van der Waals surface area contributed by atoms with Crippen molar-refractivity contribution < 1.29 is 23.8 Å². The highest BCUT2D eigenvalue weighted by Crippen LogP contribution is 2.40. The van der Waals surface area contributed by atoms with Gasteiger partial charge in [0.15, 0.2) is 0 Å². The Morgan fingerprint density at radius 1 is 1.47 bits per heavy atom. The fraction of sp³-hybridized carbons (Fsp3) is 0.818. The van der Waals surface area contributed by atoms with Crippen LogP contribution < -0.4 is 5.32 Å². The standard InChI is InChI=1S/C11H18FNO4/c1-10(2,3)17-9(16)13-6-11(12)4-7(5-11)8(14)15/h7H,4-6H2,1-3H3,(H,13,16)(H,14,15). The van der Waals surface area contributed by atoms with Crippen molar-refractivity contribution in [3.8, 4) is 0 Å². The first-order chi connectivity index (χ1) is 7.61. The maximum atomic E-state index is 13.8. The Hall–Kier alpha value is -1.33. The number of hydrogen-bond acceptors (Lipinski definition) is 3. The Kier molecular flexibility index (Phi) is 3.64. The van der Waals surface area contributed by atoms with Crippen molar-refractivity contribution in [3.05, 3.63) is 0 Å². The minimum Gasteiger partial charge on any atom is -0.481 e. The molecule has 5 nitrogen and oxygen atoms in total. The van der Waals surface area contributed by atoms with Crippen LogP contribution in [0, 0.1) is 5.92 Å². The van der Waals surface area contributed by atoms with Gasteiger partial charge in [0.2, 0.25) is 0 Å². The fourth-order valence-corrected chi connectivity index (χ4v) is 1.69. The zero-order valence-electron chi connectivity index (χ0n) is 10.2. The molecule has 0 atom stereocenters. The second-order valence-electron chi connectivity index (χ2n) is 5.45. The Morgan fingerprint density at radius 2 is 2.00 bits per heavy atom. The van der Waals surface area contributed by atoms with E-state index in [2.05, 4.69) is 5.32 Å². The average molecular weight is 247 g/mol. The number of carboxylic acid groups (broad SMARTS) is 1. The van der Waals surface area contributed by atoms with Crippen molar-refractivity contribution in [1.82, 2.24) is 5.32 Å². The van der Waals surface area contributed by atoms with E-state index < -0.39 is 29.3 Å². The third-order valence-corrected chi connectivity index (χ3v) is 2.52.